The number of halogens is 1. The van der Waals surface area contributed by atoms with Crippen LogP contribution in [0.25, 0.3) is 0 Å². The molecule has 0 aliphatic rings. The van der Waals surface area contributed by atoms with Gasteiger partial charge < -0.3 is 9.84 Å². The van der Waals surface area contributed by atoms with Gasteiger partial charge in [-0.15, -0.1) is 0 Å². The zero-order chi connectivity index (χ0) is 16.4. The molecule has 2 rings (SSSR count). The summed E-state index contributed by atoms with van der Waals surface area (Å²) in [5.74, 6) is -0.417. The lowest BCUT2D eigenvalue weighted by atomic mass is 9.73. The van der Waals surface area contributed by atoms with Gasteiger partial charge in [0.1, 0.15) is 18.3 Å². The largest absolute Gasteiger partial charge is 0.462 e. The molecule has 1 heterocycles. The third-order valence-corrected chi connectivity index (χ3v) is 4.00. The fraction of sp³-hybridized carbons (Fsp3) is 0.500. The van der Waals surface area contributed by atoms with Gasteiger partial charge in [0.05, 0.1) is 0 Å². The van der Waals surface area contributed by atoms with Crippen LogP contribution in [0, 0.1) is 11.2 Å². The van der Waals surface area contributed by atoms with E-state index in [2.05, 4.69) is 10.1 Å². The number of hydrogen-bond acceptors (Lipinski definition) is 4. The highest BCUT2D eigenvalue weighted by molar-refractivity contribution is 5.24. The highest BCUT2D eigenvalue weighted by atomic mass is 19.1. The van der Waals surface area contributed by atoms with Gasteiger partial charge in [-0.25, -0.2) is 14.1 Å². The first kappa shape index (κ1) is 16.4. The first-order chi connectivity index (χ1) is 10.3. The number of benzene rings is 1. The maximum Gasteiger partial charge on any atom is 0.222 e. The Hall–Kier alpha value is -1.95. The van der Waals surface area contributed by atoms with E-state index in [4.69, 9.17) is 4.74 Å². The molecule has 0 aliphatic heterocycles. The van der Waals surface area contributed by atoms with Crippen molar-refractivity contribution in [2.75, 3.05) is 0 Å². The van der Waals surface area contributed by atoms with E-state index in [0.29, 0.717) is 6.42 Å². The van der Waals surface area contributed by atoms with Crippen LogP contribution >= 0.6 is 0 Å². The van der Waals surface area contributed by atoms with Crippen molar-refractivity contribution < 1.29 is 14.2 Å². The first-order valence-corrected chi connectivity index (χ1v) is 7.27. The van der Waals surface area contributed by atoms with Crippen molar-refractivity contribution in [3.63, 3.8) is 0 Å². The molecule has 6 heteroatoms. The molecule has 0 saturated carbocycles. The predicted molar refractivity (Wildman–Crippen MR) is 80.8 cm³/mol. The van der Waals surface area contributed by atoms with E-state index in [1.807, 2.05) is 27.7 Å². The summed E-state index contributed by atoms with van der Waals surface area (Å²) in [6.45, 7) is 7.58. The number of ether oxygens (including phenoxy) is 1. The molecule has 0 fully saturated rings. The molecule has 22 heavy (non-hydrogen) atoms. The number of hydrogen-bond donors (Lipinski definition) is 1. The van der Waals surface area contributed by atoms with Gasteiger partial charge in [0.15, 0.2) is 11.6 Å². The zero-order valence-corrected chi connectivity index (χ0v) is 13.3. The Morgan fingerprint density at radius 3 is 2.50 bits per heavy atom. The summed E-state index contributed by atoms with van der Waals surface area (Å²) in [6, 6.07) is 6.11. The van der Waals surface area contributed by atoms with Gasteiger partial charge in [0, 0.05) is 0 Å². The van der Waals surface area contributed by atoms with E-state index >= 15 is 0 Å². The van der Waals surface area contributed by atoms with Crippen LogP contribution in [0.4, 0.5) is 4.39 Å². The number of nitrogens with zero attached hydrogens (tertiary/aromatic N) is 3. The van der Waals surface area contributed by atoms with Gasteiger partial charge >= 0.3 is 0 Å². The van der Waals surface area contributed by atoms with Crippen molar-refractivity contribution >= 4 is 0 Å². The lowest BCUT2D eigenvalue weighted by Gasteiger charge is -2.44. The first-order valence-electron chi connectivity index (χ1n) is 7.27. The highest BCUT2D eigenvalue weighted by Gasteiger charge is 2.48. The second-order valence-corrected chi connectivity index (χ2v) is 6.30. The molecule has 0 spiro atoms. The molecule has 1 N–H and O–H groups in total. The Labute approximate surface area is 129 Å². The van der Waals surface area contributed by atoms with Gasteiger partial charge in [-0.3, -0.25) is 0 Å². The smallest absolute Gasteiger partial charge is 0.222 e. The summed E-state index contributed by atoms with van der Waals surface area (Å²) in [7, 11) is 0. The fourth-order valence-electron chi connectivity index (χ4n) is 2.44. The lowest BCUT2D eigenvalue weighted by molar-refractivity contribution is -0.168. The summed E-state index contributed by atoms with van der Waals surface area (Å²) in [6.07, 6.45) is 2.33. The van der Waals surface area contributed by atoms with Crippen LogP contribution in [0.1, 0.15) is 40.3 Å². The summed E-state index contributed by atoms with van der Waals surface area (Å²) in [4.78, 5) is 3.90. The Morgan fingerprint density at radius 1 is 1.32 bits per heavy atom. The number of aromatic nitrogens is 3. The molecule has 0 bridgehead atoms. The van der Waals surface area contributed by atoms with Gasteiger partial charge in [-0.1, -0.05) is 39.8 Å². The molecule has 0 amide bonds. The van der Waals surface area contributed by atoms with Gasteiger partial charge in [0.25, 0.3) is 0 Å². The summed E-state index contributed by atoms with van der Waals surface area (Å²) in [5.41, 5.74) is -1.77. The summed E-state index contributed by atoms with van der Waals surface area (Å²) in [5, 5.41) is 15.3. The number of rotatable bonds is 5. The third-order valence-electron chi connectivity index (χ3n) is 4.00. The second kappa shape index (κ2) is 6.04. The topological polar surface area (TPSA) is 60.2 Å². The number of para-hydroxylation sites is 1. The van der Waals surface area contributed by atoms with Crippen molar-refractivity contribution in [3.05, 3.63) is 42.7 Å². The minimum Gasteiger partial charge on any atom is -0.462 e. The standard InChI is InChI=1S/C16H22FN3O2/c1-5-16(21,15(2,3)4)14(20-11-18-10-19-20)22-13-9-7-6-8-12(13)17/h6-11,14,21H,5H2,1-4H3. The molecule has 2 unspecified atom stereocenters. The molecular formula is C16H22FN3O2. The molecule has 2 aromatic rings. The summed E-state index contributed by atoms with van der Waals surface area (Å²) >= 11 is 0. The molecular weight excluding hydrogens is 285 g/mol. The van der Waals surface area contributed by atoms with Crippen LogP contribution < -0.4 is 4.74 Å². The minimum atomic E-state index is -1.26. The van der Waals surface area contributed by atoms with Crippen LogP contribution in [0.15, 0.2) is 36.9 Å². The Balaban J connectivity index is 2.47. The van der Waals surface area contributed by atoms with Gasteiger partial charge in [-0.05, 0) is 24.0 Å². The molecule has 1 aromatic heterocycles. The highest BCUT2D eigenvalue weighted by Crippen LogP contribution is 2.42. The normalized spacial score (nSPS) is 16.1. The quantitative estimate of drug-likeness (QED) is 0.921. The average Bonchev–Trinajstić information content (AvgIpc) is 2.98. The SMILES string of the molecule is CCC(O)(C(Oc1ccccc1F)n1cncn1)C(C)(C)C. The van der Waals surface area contributed by atoms with E-state index in [1.54, 1.807) is 12.1 Å². The Morgan fingerprint density at radius 2 is 2.00 bits per heavy atom. The van der Waals surface area contributed by atoms with Crippen molar-refractivity contribution in [1.82, 2.24) is 14.8 Å². The monoisotopic (exact) mass is 307 g/mol. The zero-order valence-electron chi connectivity index (χ0n) is 13.3. The second-order valence-electron chi connectivity index (χ2n) is 6.30. The van der Waals surface area contributed by atoms with Crippen molar-refractivity contribution in [2.24, 2.45) is 5.41 Å². The maximum absolute atomic E-state index is 13.9. The molecule has 0 saturated heterocycles. The van der Waals surface area contributed by atoms with Crippen LogP contribution in [-0.2, 0) is 0 Å². The molecule has 0 aliphatic carbocycles. The Bertz CT molecular complexity index is 610. The molecule has 120 valence electrons. The van der Waals surface area contributed by atoms with Crippen LogP contribution in [0.2, 0.25) is 0 Å². The maximum atomic E-state index is 13.9. The molecule has 2 atom stereocenters. The fourth-order valence-corrected chi connectivity index (χ4v) is 2.44. The lowest BCUT2D eigenvalue weighted by Crippen LogP contribution is -2.52. The van der Waals surface area contributed by atoms with E-state index in [-0.39, 0.29) is 5.75 Å². The molecule has 1 aromatic carbocycles. The molecule has 5 nitrogen and oxygen atoms in total. The van der Waals surface area contributed by atoms with E-state index in [1.165, 1.54) is 29.5 Å². The Kier molecular flexibility index (Phi) is 4.51. The van der Waals surface area contributed by atoms with Crippen molar-refractivity contribution in [1.29, 1.82) is 0 Å². The number of aliphatic hydroxyl groups is 1. The average molecular weight is 307 g/mol. The van der Waals surface area contributed by atoms with E-state index in [9.17, 15) is 9.50 Å². The van der Waals surface area contributed by atoms with Crippen molar-refractivity contribution in [2.45, 2.75) is 45.9 Å². The van der Waals surface area contributed by atoms with E-state index < -0.39 is 23.1 Å². The third kappa shape index (κ3) is 2.97. The summed E-state index contributed by atoms with van der Waals surface area (Å²) < 4.78 is 21.2. The predicted octanol–water partition coefficient (Wildman–Crippen LogP) is 3.18. The van der Waals surface area contributed by atoms with Crippen LogP contribution in [0.5, 0.6) is 5.75 Å². The van der Waals surface area contributed by atoms with Crippen molar-refractivity contribution in [3.8, 4) is 5.75 Å². The van der Waals surface area contributed by atoms with E-state index in [0.717, 1.165) is 0 Å². The van der Waals surface area contributed by atoms with Crippen LogP contribution in [-0.4, -0.2) is 25.5 Å². The van der Waals surface area contributed by atoms with Gasteiger partial charge in [0.2, 0.25) is 6.23 Å². The van der Waals surface area contributed by atoms with Crippen LogP contribution in [0.3, 0.4) is 0 Å². The minimum absolute atomic E-state index is 0.0686. The van der Waals surface area contributed by atoms with Gasteiger partial charge in [-0.2, -0.15) is 5.10 Å². The molecule has 0 radical (unpaired) electrons.